The lowest BCUT2D eigenvalue weighted by atomic mass is 9.94. The molecule has 2 aromatic rings. The summed E-state index contributed by atoms with van der Waals surface area (Å²) in [7, 11) is 3.35. The van der Waals surface area contributed by atoms with Gasteiger partial charge in [0.15, 0.2) is 11.5 Å². The van der Waals surface area contributed by atoms with E-state index in [1.165, 1.54) is 23.1 Å². The van der Waals surface area contributed by atoms with Gasteiger partial charge in [-0.05, 0) is 55.4 Å². The highest BCUT2D eigenvalue weighted by atomic mass is 16.5. The van der Waals surface area contributed by atoms with Crippen molar-refractivity contribution in [2.45, 2.75) is 33.1 Å². The van der Waals surface area contributed by atoms with Crippen molar-refractivity contribution >= 4 is 0 Å². The van der Waals surface area contributed by atoms with Gasteiger partial charge in [0.05, 0.1) is 14.2 Å². The molecule has 22 heavy (non-hydrogen) atoms. The van der Waals surface area contributed by atoms with E-state index in [0.29, 0.717) is 5.92 Å². The van der Waals surface area contributed by atoms with Gasteiger partial charge in [0, 0.05) is 0 Å². The van der Waals surface area contributed by atoms with Crippen LogP contribution in [0, 0.1) is 12.8 Å². The highest BCUT2D eigenvalue weighted by Crippen LogP contribution is 2.28. The van der Waals surface area contributed by atoms with Gasteiger partial charge in [0.2, 0.25) is 0 Å². The Morgan fingerprint density at radius 3 is 2.36 bits per heavy atom. The van der Waals surface area contributed by atoms with Crippen LogP contribution in [-0.2, 0) is 12.8 Å². The van der Waals surface area contributed by atoms with Crippen LogP contribution in [-0.4, -0.2) is 14.2 Å². The van der Waals surface area contributed by atoms with E-state index in [0.717, 1.165) is 24.3 Å². The second kappa shape index (κ2) is 7.88. The van der Waals surface area contributed by atoms with E-state index >= 15 is 0 Å². The molecule has 0 radical (unpaired) electrons. The van der Waals surface area contributed by atoms with Gasteiger partial charge >= 0.3 is 0 Å². The third-order valence-electron chi connectivity index (χ3n) is 4.04. The van der Waals surface area contributed by atoms with Crippen molar-refractivity contribution in [1.82, 2.24) is 0 Å². The lowest BCUT2D eigenvalue weighted by molar-refractivity contribution is 0.354. The Hall–Kier alpha value is -1.96. The number of ether oxygens (including phenoxy) is 2. The van der Waals surface area contributed by atoms with Gasteiger partial charge in [-0.2, -0.15) is 0 Å². The molecule has 118 valence electrons. The Morgan fingerprint density at radius 1 is 0.909 bits per heavy atom. The Balaban J connectivity index is 1.92. The molecule has 2 aromatic carbocycles. The van der Waals surface area contributed by atoms with Crippen molar-refractivity contribution in [3.05, 3.63) is 59.2 Å². The minimum absolute atomic E-state index is 0.662. The summed E-state index contributed by atoms with van der Waals surface area (Å²) in [5.41, 5.74) is 4.07. The normalized spacial score (nSPS) is 12.0. The fraction of sp³-hybridized carbons (Fsp3) is 0.400. The predicted octanol–water partition coefficient (Wildman–Crippen LogP) is 4.82. The lowest BCUT2D eigenvalue weighted by Crippen LogP contribution is -2.02. The molecule has 0 N–H and O–H groups in total. The summed E-state index contributed by atoms with van der Waals surface area (Å²) in [5.74, 6) is 2.26. The van der Waals surface area contributed by atoms with Crippen LogP contribution >= 0.6 is 0 Å². The van der Waals surface area contributed by atoms with Crippen molar-refractivity contribution < 1.29 is 9.47 Å². The van der Waals surface area contributed by atoms with Gasteiger partial charge in [-0.15, -0.1) is 0 Å². The van der Waals surface area contributed by atoms with Crippen LogP contribution < -0.4 is 9.47 Å². The minimum atomic E-state index is 0.662. The topological polar surface area (TPSA) is 18.5 Å². The van der Waals surface area contributed by atoms with Crippen molar-refractivity contribution in [3.63, 3.8) is 0 Å². The van der Waals surface area contributed by atoms with E-state index in [1.807, 2.05) is 6.07 Å². The minimum Gasteiger partial charge on any atom is -0.493 e. The second-order valence-corrected chi connectivity index (χ2v) is 6.03. The molecule has 0 saturated heterocycles. The molecule has 0 unspecified atom stereocenters. The molecule has 0 aliphatic heterocycles. The number of aryl methyl sites for hydroxylation is 2. The number of hydrogen-bond donors (Lipinski definition) is 0. The highest BCUT2D eigenvalue weighted by Gasteiger charge is 2.08. The summed E-state index contributed by atoms with van der Waals surface area (Å²) >= 11 is 0. The van der Waals surface area contributed by atoms with Gasteiger partial charge in [-0.25, -0.2) is 0 Å². The van der Waals surface area contributed by atoms with Gasteiger partial charge in [-0.3, -0.25) is 0 Å². The third-order valence-corrected chi connectivity index (χ3v) is 4.04. The van der Waals surface area contributed by atoms with E-state index in [-0.39, 0.29) is 0 Å². The smallest absolute Gasteiger partial charge is 0.160 e. The van der Waals surface area contributed by atoms with Gasteiger partial charge in [-0.1, -0.05) is 42.8 Å². The molecule has 0 aromatic heterocycles. The monoisotopic (exact) mass is 298 g/mol. The summed E-state index contributed by atoms with van der Waals surface area (Å²) < 4.78 is 10.6. The Labute approximate surface area is 134 Å². The predicted molar refractivity (Wildman–Crippen MR) is 91.9 cm³/mol. The van der Waals surface area contributed by atoms with Gasteiger partial charge in [0.1, 0.15) is 0 Å². The average molecular weight is 298 g/mol. The van der Waals surface area contributed by atoms with Crippen LogP contribution in [0.15, 0.2) is 42.5 Å². The van der Waals surface area contributed by atoms with Crippen molar-refractivity contribution in [1.29, 1.82) is 0 Å². The van der Waals surface area contributed by atoms with Crippen LogP contribution in [0.2, 0.25) is 0 Å². The van der Waals surface area contributed by atoms with Crippen LogP contribution in [0.25, 0.3) is 0 Å². The molecule has 0 saturated carbocycles. The quantitative estimate of drug-likeness (QED) is 0.729. The summed E-state index contributed by atoms with van der Waals surface area (Å²) in [4.78, 5) is 0. The van der Waals surface area contributed by atoms with Gasteiger partial charge in [0.25, 0.3) is 0 Å². The summed E-state index contributed by atoms with van der Waals surface area (Å²) in [6.07, 6.45) is 3.37. The average Bonchev–Trinajstić information content (AvgIpc) is 2.52. The maximum absolute atomic E-state index is 5.37. The molecule has 0 spiro atoms. The Morgan fingerprint density at radius 2 is 1.68 bits per heavy atom. The fourth-order valence-corrected chi connectivity index (χ4v) is 2.79. The first-order valence-electron chi connectivity index (χ1n) is 7.89. The molecule has 0 heterocycles. The second-order valence-electron chi connectivity index (χ2n) is 6.03. The van der Waals surface area contributed by atoms with E-state index in [1.54, 1.807) is 14.2 Å². The molecule has 1 atom stereocenters. The molecule has 0 fully saturated rings. The van der Waals surface area contributed by atoms with Crippen LogP contribution in [0.4, 0.5) is 0 Å². The first kappa shape index (κ1) is 16.4. The van der Waals surface area contributed by atoms with Crippen LogP contribution in [0.5, 0.6) is 11.5 Å². The van der Waals surface area contributed by atoms with Crippen molar-refractivity contribution in [2.24, 2.45) is 5.92 Å². The molecule has 0 aliphatic carbocycles. The largest absolute Gasteiger partial charge is 0.493 e. The molecule has 2 rings (SSSR count). The number of hydrogen-bond acceptors (Lipinski definition) is 2. The zero-order valence-electron chi connectivity index (χ0n) is 14.1. The number of methoxy groups -OCH3 is 2. The molecule has 0 amide bonds. The molecule has 2 heteroatoms. The molecule has 0 aliphatic rings. The van der Waals surface area contributed by atoms with E-state index < -0.39 is 0 Å². The summed E-state index contributed by atoms with van der Waals surface area (Å²) in [6, 6.07) is 15.0. The fourth-order valence-electron chi connectivity index (χ4n) is 2.79. The van der Waals surface area contributed by atoms with E-state index in [9.17, 15) is 0 Å². The maximum Gasteiger partial charge on any atom is 0.160 e. The lowest BCUT2D eigenvalue weighted by Gasteiger charge is -2.13. The Kier molecular flexibility index (Phi) is 5.88. The van der Waals surface area contributed by atoms with Crippen molar-refractivity contribution in [3.8, 4) is 11.5 Å². The number of benzene rings is 2. The van der Waals surface area contributed by atoms with Crippen molar-refractivity contribution in [2.75, 3.05) is 14.2 Å². The van der Waals surface area contributed by atoms with Crippen LogP contribution in [0.1, 0.15) is 30.0 Å². The van der Waals surface area contributed by atoms with Gasteiger partial charge < -0.3 is 9.47 Å². The first-order chi connectivity index (χ1) is 10.6. The number of rotatable bonds is 7. The zero-order chi connectivity index (χ0) is 15.9. The van der Waals surface area contributed by atoms with E-state index in [2.05, 4.69) is 50.2 Å². The first-order valence-corrected chi connectivity index (χ1v) is 7.89. The standard InChI is InChI=1S/C20H26O2/c1-15-6-5-7-18(12-15)13-16(2)8-9-17-10-11-19(21-3)20(14-17)22-4/h5-7,10-12,14,16H,8-9,13H2,1-4H3/t16-/m0/s1. The summed E-state index contributed by atoms with van der Waals surface area (Å²) in [6.45, 7) is 4.47. The third kappa shape index (κ3) is 4.52. The molecule has 2 nitrogen and oxygen atoms in total. The highest BCUT2D eigenvalue weighted by molar-refractivity contribution is 5.42. The summed E-state index contributed by atoms with van der Waals surface area (Å²) in [5, 5.41) is 0. The molecular formula is C20H26O2. The van der Waals surface area contributed by atoms with Crippen LogP contribution in [0.3, 0.4) is 0 Å². The SMILES string of the molecule is COc1ccc(CC[C@H](C)Cc2cccc(C)c2)cc1OC. The molecular weight excluding hydrogens is 272 g/mol. The zero-order valence-corrected chi connectivity index (χ0v) is 14.1. The van der Waals surface area contributed by atoms with E-state index in [4.69, 9.17) is 9.47 Å². The molecule has 0 bridgehead atoms. The maximum atomic E-state index is 5.37. The Bertz CT molecular complexity index is 604.